The zero-order valence-electron chi connectivity index (χ0n) is 11.0. The summed E-state index contributed by atoms with van der Waals surface area (Å²) < 4.78 is 5.40. The maximum atomic E-state index is 10.9. The molecule has 1 saturated heterocycles. The Balaban J connectivity index is 1.97. The molecule has 0 aliphatic carbocycles. The molecule has 0 spiro atoms. The smallest absolute Gasteiger partial charge is 0.353 e. The zero-order valence-corrected chi connectivity index (χ0v) is 11.0. The highest BCUT2D eigenvalue weighted by molar-refractivity contribution is 5.87. The molecular weight excluding hydrogens is 256 g/mol. The van der Waals surface area contributed by atoms with E-state index in [2.05, 4.69) is 16.3 Å². The monoisotopic (exact) mass is 272 g/mol. The maximum Gasteiger partial charge on any atom is 0.353 e. The van der Waals surface area contributed by atoms with Gasteiger partial charge >= 0.3 is 5.97 Å². The Morgan fingerprint density at radius 2 is 2.05 bits per heavy atom. The SMILES string of the molecule is O=C(O)c1cc(-c2ccccc2C2CCOCC2)n[nH]1. The third kappa shape index (κ3) is 2.44. The normalized spacial score (nSPS) is 16.2. The molecule has 0 amide bonds. The van der Waals surface area contributed by atoms with Crippen molar-refractivity contribution < 1.29 is 14.6 Å². The van der Waals surface area contributed by atoms with Crippen LogP contribution < -0.4 is 0 Å². The number of carboxylic acids is 1. The first-order chi connectivity index (χ1) is 9.75. The van der Waals surface area contributed by atoms with Crippen LogP contribution in [0.3, 0.4) is 0 Å². The van der Waals surface area contributed by atoms with Crippen molar-refractivity contribution in [2.45, 2.75) is 18.8 Å². The number of aromatic amines is 1. The Kier molecular flexibility index (Phi) is 3.52. The summed E-state index contributed by atoms with van der Waals surface area (Å²) >= 11 is 0. The van der Waals surface area contributed by atoms with Crippen LogP contribution in [0.2, 0.25) is 0 Å². The van der Waals surface area contributed by atoms with Crippen LogP contribution in [-0.2, 0) is 4.74 Å². The van der Waals surface area contributed by atoms with Crippen LogP contribution in [-0.4, -0.2) is 34.5 Å². The van der Waals surface area contributed by atoms with Crippen LogP contribution in [0.25, 0.3) is 11.3 Å². The highest BCUT2D eigenvalue weighted by atomic mass is 16.5. The largest absolute Gasteiger partial charge is 0.477 e. The second kappa shape index (κ2) is 5.46. The molecule has 0 unspecified atom stereocenters. The van der Waals surface area contributed by atoms with E-state index in [1.807, 2.05) is 18.2 Å². The Bertz CT molecular complexity index is 615. The second-order valence-electron chi connectivity index (χ2n) is 4.95. The fourth-order valence-electron chi connectivity index (χ4n) is 2.66. The molecule has 3 rings (SSSR count). The molecule has 1 aromatic heterocycles. The first kappa shape index (κ1) is 12.9. The van der Waals surface area contributed by atoms with Gasteiger partial charge in [-0.3, -0.25) is 5.10 Å². The number of carboxylic acid groups (broad SMARTS) is 1. The van der Waals surface area contributed by atoms with Crippen LogP contribution >= 0.6 is 0 Å². The van der Waals surface area contributed by atoms with Crippen LogP contribution in [0.5, 0.6) is 0 Å². The number of carbonyl (C=O) groups is 1. The van der Waals surface area contributed by atoms with Crippen molar-refractivity contribution in [2.24, 2.45) is 0 Å². The lowest BCUT2D eigenvalue weighted by atomic mass is 9.87. The molecule has 0 radical (unpaired) electrons. The fourth-order valence-corrected chi connectivity index (χ4v) is 2.66. The van der Waals surface area contributed by atoms with E-state index in [0.29, 0.717) is 11.6 Å². The van der Waals surface area contributed by atoms with E-state index in [1.54, 1.807) is 6.07 Å². The highest BCUT2D eigenvalue weighted by Gasteiger charge is 2.20. The Morgan fingerprint density at radius 1 is 1.30 bits per heavy atom. The predicted molar refractivity (Wildman–Crippen MR) is 73.8 cm³/mol. The van der Waals surface area contributed by atoms with Gasteiger partial charge in [0.2, 0.25) is 0 Å². The predicted octanol–water partition coefficient (Wildman–Crippen LogP) is 2.67. The molecular formula is C15H16N2O3. The van der Waals surface area contributed by atoms with Crippen LogP contribution in [0, 0.1) is 0 Å². The first-order valence-corrected chi connectivity index (χ1v) is 6.71. The van der Waals surface area contributed by atoms with Crippen molar-refractivity contribution in [2.75, 3.05) is 13.2 Å². The Morgan fingerprint density at radius 3 is 2.75 bits per heavy atom. The van der Waals surface area contributed by atoms with Gasteiger partial charge in [-0.1, -0.05) is 24.3 Å². The summed E-state index contributed by atoms with van der Waals surface area (Å²) in [6.07, 6.45) is 1.99. The zero-order chi connectivity index (χ0) is 13.9. The molecule has 1 aliphatic rings. The Labute approximate surface area is 116 Å². The third-order valence-corrected chi connectivity index (χ3v) is 3.71. The van der Waals surface area contributed by atoms with Gasteiger partial charge in [-0.15, -0.1) is 0 Å². The molecule has 1 aliphatic heterocycles. The number of nitrogens with one attached hydrogen (secondary N) is 1. The summed E-state index contributed by atoms with van der Waals surface area (Å²) in [4.78, 5) is 10.9. The summed E-state index contributed by atoms with van der Waals surface area (Å²) in [5, 5.41) is 15.7. The number of hydrogen-bond donors (Lipinski definition) is 2. The van der Waals surface area contributed by atoms with E-state index in [1.165, 1.54) is 5.56 Å². The lowest BCUT2D eigenvalue weighted by Gasteiger charge is -2.24. The van der Waals surface area contributed by atoms with Crippen LogP contribution in [0.4, 0.5) is 0 Å². The van der Waals surface area contributed by atoms with E-state index in [4.69, 9.17) is 9.84 Å². The fraction of sp³-hybridized carbons (Fsp3) is 0.333. The number of H-pyrrole nitrogens is 1. The summed E-state index contributed by atoms with van der Waals surface area (Å²) in [7, 11) is 0. The summed E-state index contributed by atoms with van der Waals surface area (Å²) in [5.41, 5.74) is 3.02. The van der Waals surface area contributed by atoms with Crippen molar-refractivity contribution in [1.82, 2.24) is 10.2 Å². The molecule has 0 saturated carbocycles. The van der Waals surface area contributed by atoms with Gasteiger partial charge in [0, 0.05) is 18.8 Å². The van der Waals surface area contributed by atoms with Crippen molar-refractivity contribution >= 4 is 5.97 Å². The van der Waals surface area contributed by atoms with Gasteiger partial charge in [0.25, 0.3) is 0 Å². The molecule has 1 fully saturated rings. The van der Waals surface area contributed by atoms with Gasteiger partial charge < -0.3 is 9.84 Å². The molecule has 1 aromatic carbocycles. The van der Waals surface area contributed by atoms with Crippen molar-refractivity contribution in [3.8, 4) is 11.3 Å². The highest BCUT2D eigenvalue weighted by Crippen LogP contribution is 2.34. The number of aromatic carboxylic acids is 1. The van der Waals surface area contributed by atoms with Crippen molar-refractivity contribution in [3.63, 3.8) is 0 Å². The number of aromatic nitrogens is 2. The number of benzene rings is 1. The van der Waals surface area contributed by atoms with Gasteiger partial charge in [0.1, 0.15) is 5.69 Å². The molecule has 104 valence electrons. The lowest BCUT2D eigenvalue weighted by Crippen LogP contribution is -2.14. The van der Waals surface area contributed by atoms with E-state index in [0.717, 1.165) is 31.6 Å². The molecule has 5 heteroatoms. The summed E-state index contributed by atoms with van der Waals surface area (Å²) in [6.45, 7) is 1.56. The van der Waals surface area contributed by atoms with Gasteiger partial charge in [0.05, 0.1) is 5.69 Å². The van der Waals surface area contributed by atoms with E-state index < -0.39 is 5.97 Å². The van der Waals surface area contributed by atoms with Crippen molar-refractivity contribution in [1.29, 1.82) is 0 Å². The number of ether oxygens (including phenoxy) is 1. The molecule has 0 bridgehead atoms. The third-order valence-electron chi connectivity index (χ3n) is 3.71. The molecule has 20 heavy (non-hydrogen) atoms. The standard InChI is InChI=1S/C15H16N2O3/c18-15(19)14-9-13(16-17-14)12-4-2-1-3-11(12)10-5-7-20-8-6-10/h1-4,9-10H,5-8H2,(H,16,17)(H,18,19). The second-order valence-corrected chi connectivity index (χ2v) is 4.95. The van der Waals surface area contributed by atoms with Crippen LogP contribution in [0.1, 0.15) is 34.8 Å². The number of nitrogens with zero attached hydrogens (tertiary/aromatic N) is 1. The van der Waals surface area contributed by atoms with E-state index >= 15 is 0 Å². The number of rotatable bonds is 3. The average Bonchev–Trinajstić information content (AvgIpc) is 2.98. The Hall–Kier alpha value is -2.14. The quantitative estimate of drug-likeness (QED) is 0.900. The number of hydrogen-bond acceptors (Lipinski definition) is 3. The minimum absolute atomic E-state index is 0.113. The summed E-state index contributed by atoms with van der Waals surface area (Å²) in [6, 6.07) is 9.64. The van der Waals surface area contributed by atoms with Gasteiger partial charge in [-0.25, -0.2) is 4.79 Å². The minimum Gasteiger partial charge on any atom is -0.477 e. The molecule has 2 heterocycles. The molecule has 5 nitrogen and oxygen atoms in total. The lowest BCUT2D eigenvalue weighted by molar-refractivity contribution is 0.0690. The first-order valence-electron chi connectivity index (χ1n) is 6.71. The van der Waals surface area contributed by atoms with Gasteiger partial charge in [0.15, 0.2) is 0 Å². The molecule has 0 atom stereocenters. The maximum absolute atomic E-state index is 10.9. The van der Waals surface area contributed by atoms with Crippen molar-refractivity contribution in [3.05, 3.63) is 41.6 Å². The van der Waals surface area contributed by atoms with E-state index in [9.17, 15) is 4.79 Å². The summed E-state index contributed by atoms with van der Waals surface area (Å²) in [5.74, 6) is -0.544. The molecule has 2 aromatic rings. The van der Waals surface area contributed by atoms with Gasteiger partial charge in [-0.05, 0) is 30.4 Å². The minimum atomic E-state index is -0.993. The topological polar surface area (TPSA) is 75.2 Å². The van der Waals surface area contributed by atoms with Crippen LogP contribution in [0.15, 0.2) is 30.3 Å². The molecule has 2 N–H and O–H groups in total. The van der Waals surface area contributed by atoms with E-state index in [-0.39, 0.29) is 5.69 Å². The van der Waals surface area contributed by atoms with Gasteiger partial charge in [-0.2, -0.15) is 5.10 Å². The average molecular weight is 272 g/mol.